The molecule has 0 aliphatic heterocycles. The van der Waals surface area contributed by atoms with E-state index >= 15 is 0 Å². The molecule has 0 aromatic heterocycles. The van der Waals surface area contributed by atoms with Crippen molar-refractivity contribution in [2.75, 3.05) is 9.80 Å². The van der Waals surface area contributed by atoms with Gasteiger partial charge in [-0.3, -0.25) is 0 Å². The van der Waals surface area contributed by atoms with Crippen LogP contribution < -0.4 is 9.80 Å². The molecule has 0 fully saturated rings. The molecule has 0 heterocycles. The fraction of sp³-hybridized carbons (Fsp3) is 0. The molecule has 0 spiro atoms. The molecule has 0 atom stereocenters. The number of nitrogens with zero attached hydrogens (tertiary/aromatic N) is 2. The van der Waals surface area contributed by atoms with Crippen molar-refractivity contribution in [2.45, 2.75) is 0 Å². The number of carboxylic acid groups (broad SMARTS) is 4. The van der Waals surface area contributed by atoms with Crippen LogP contribution in [0.5, 0.6) is 0 Å². The second kappa shape index (κ2) is 18.9. The third-order valence-corrected chi connectivity index (χ3v) is 11.7. The van der Waals surface area contributed by atoms with Gasteiger partial charge in [-0.05, 0) is 119 Å². The molecular weight excluding hydrogens is 853 g/mol. The molecule has 0 bridgehead atoms. The zero-order valence-corrected chi connectivity index (χ0v) is 36.1. The van der Waals surface area contributed by atoms with Crippen LogP contribution in [0.1, 0.15) is 41.4 Å². The van der Waals surface area contributed by atoms with E-state index in [2.05, 4.69) is 9.80 Å². The molecule has 0 aliphatic carbocycles. The van der Waals surface area contributed by atoms with Crippen LogP contribution in [0.15, 0.2) is 218 Å². The number of hydrogen-bond acceptors (Lipinski definition) is 6. The van der Waals surface area contributed by atoms with Crippen molar-refractivity contribution in [3.05, 3.63) is 241 Å². The first-order valence-corrected chi connectivity index (χ1v) is 21.5. The van der Waals surface area contributed by atoms with E-state index in [0.717, 1.165) is 78.6 Å². The molecular formula is C58H40N2O8. The first kappa shape index (κ1) is 43.7. The van der Waals surface area contributed by atoms with Crippen LogP contribution in [-0.4, -0.2) is 44.3 Å². The zero-order chi connectivity index (χ0) is 47.3. The van der Waals surface area contributed by atoms with Crippen molar-refractivity contribution >= 4 is 58.0 Å². The lowest BCUT2D eigenvalue weighted by Crippen LogP contribution is -2.14. The average molecular weight is 893 g/mol. The second-order valence-corrected chi connectivity index (χ2v) is 15.8. The van der Waals surface area contributed by atoms with E-state index in [9.17, 15) is 39.6 Å². The van der Waals surface area contributed by atoms with Crippen LogP contribution in [0.2, 0.25) is 0 Å². The Balaban J connectivity index is 1.24. The van der Waals surface area contributed by atoms with Crippen LogP contribution in [0, 0.1) is 0 Å². The molecule has 9 aromatic carbocycles. The molecule has 9 aromatic rings. The molecule has 10 heteroatoms. The Morgan fingerprint density at radius 3 is 0.632 bits per heavy atom. The molecule has 0 amide bonds. The third-order valence-electron chi connectivity index (χ3n) is 11.7. The predicted molar refractivity (Wildman–Crippen MR) is 265 cm³/mol. The van der Waals surface area contributed by atoms with Gasteiger partial charge in [0.25, 0.3) is 0 Å². The fourth-order valence-electron chi connectivity index (χ4n) is 8.39. The maximum absolute atomic E-state index is 11.8. The number of anilines is 6. The van der Waals surface area contributed by atoms with Gasteiger partial charge in [-0.15, -0.1) is 0 Å². The van der Waals surface area contributed by atoms with Gasteiger partial charge in [0.05, 0.1) is 45.0 Å². The van der Waals surface area contributed by atoms with E-state index in [1.807, 2.05) is 121 Å². The number of aromatic carboxylic acids is 4. The van der Waals surface area contributed by atoms with E-state index in [1.54, 1.807) is 97.1 Å². The van der Waals surface area contributed by atoms with Crippen molar-refractivity contribution in [3.8, 4) is 44.5 Å². The molecule has 10 nitrogen and oxygen atoms in total. The van der Waals surface area contributed by atoms with Crippen molar-refractivity contribution in [1.82, 2.24) is 0 Å². The first-order valence-electron chi connectivity index (χ1n) is 21.5. The van der Waals surface area contributed by atoms with Crippen molar-refractivity contribution in [2.24, 2.45) is 0 Å². The minimum absolute atomic E-state index is 0.163. The van der Waals surface area contributed by atoms with Gasteiger partial charge in [0, 0.05) is 33.6 Å². The summed E-state index contributed by atoms with van der Waals surface area (Å²) in [5.74, 6) is -4.11. The van der Waals surface area contributed by atoms with Gasteiger partial charge in [-0.25, -0.2) is 19.2 Å². The molecule has 0 aliphatic rings. The highest BCUT2D eigenvalue weighted by Gasteiger charge is 2.24. The lowest BCUT2D eigenvalue weighted by Gasteiger charge is -2.32. The van der Waals surface area contributed by atoms with Gasteiger partial charge in [0.1, 0.15) is 0 Å². The summed E-state index contributed by atoms with van der Waals surface area (Å²) in [7, 11) is 0. The summed E-state index contributed by atoms with van der Waals surface area (Å²) in [6.45, 7) is 0. The SMILES string of the molecule is O=C(O)c1ccc(-c2ccccc2N(c2ccc(N(c3ccccc3-c3ccc(C(=O)O)cc3)c3ccccc3-c3ccc(C(=O)O)cc3)cc2)c2ccccc2-c2ccc(C(=O)O)cc2)cc1. The van der Waals surface area contributed by atoms with Crippen LogP contribution in [-0.2, 0) is 0 Å². The second-order valence-electron chi connectivity index (χ2n) is 15.8. The molecule has 4 N–H and O–H groups in total. The van der Waals surface area contributed by atoms with Gasteiger partial charge >= 0.3 is 23.9 Å². The van der Waals surface area contributed by atoms with E-state index < -0.39 is 23.9 Å². The number of benzene rings is 9. The third kappa shape index (κ3) is 8.80. The number of para-hydroxylation sites is 4. The summed E-state index contributed by atoms with van der Waals surface area (Å²) >= 11 is 0. The molecule has 0 saturated carbocycles. The maximum atomic E-state index is 11.8. The van der Waals surface area contributed by atoms with E-state index in [1.165, 1.54) is 0 Å². The number of hydrogen-bond donors (Lipinski definition) is 4. The molecule has 330 valence electrons. The summed E-state index contributed by atoms with van der Waals surface area (Å²) < 4.78 is 0. The number of carbonyl (C=O) groups is 4. The predicted octanol–water partition coefficient (Wildman–Crippen LogP) is 14.1. The summed E-state index contributed by atoms with van der Waals surface area (Å²) in [4.78, 5) is 51.7. The summed E-state index contributed by atoms with van der Waals surface area (Å²) in [6, 6.07) is 66.5. The smallest absolute Gasteiger partial charge is 0.335 e. The van der Waals surface area contributed by atoms with E-state index in [4.69, 9.17) is 0 Å². The summed E-state index contributed by atoms with van der Waals surface area (Å²) in [6.07, 6.45) is 0. The maximum Gasteiger partial charge on any atom is 0.335 e. The van der Waals surface area contributed by atoms with E-state index in [-0.39, 0.29) is 22.3 Å². The monoisotopic (exact) mass is 892 g/mol. The lowest BCUT2D eigenvalue weighted by molar-refractivity contribution is 0.0686. The van der Waals surface area contributed by atoms with Crippen LogP contribution in [0.25, 0.3) is 44.5 Å². The van der Waals surface area contributed by atoms with E-state index in [0.29, 0.717) is 0 Å². The number of carboxylic acids is 4. The highest BCUT2D eigenvalue weighted by molar-refractivity contribution is 5.98. The van der Waals surface area contributed by atoms with Gasteiger partial charge in [-0.1, -0.05) is 121 Å². The Kier molecular flexibility index (Phi) is 12.1. The molecule has 0 unspecified atom stereocenters. The van der Waals surface area contributed by atoms with Crippen LogP contribution in [0.3, 0.4) is 0 Å². The van der Waals surface area contributed by atoms with Crippen molar-refractivity contribution < 1.29 is 39.6 Å². The largest absolute Gasteiger partial charge is 0.478 e. The average Bonchev–Trinajstić information content (AvgIpc) is 3.38. The zero-order valence-electron chi connectivity index (χ0n) is 36.1. The fourth-order valence-corrected chi connectivity index (χ4v) is 8.39. The minimum Gasteiger partial charge on any atom is -0.478 e. The lowest BCUT2D eigenvalue weighted by atomic mass is 9.97. The summed E-state index contributed by atoms with van der Waals surface area (Å²) in [5.41, 5.74) is 11.9. The normalized spacial score (nSPS) is 10.8. The Hall–Kier alpha value is -9.54. The highest BCUT2D eigenvalue weighted by Crippen LogP contribution is 2.48. The molecule has 68 heavy (non-hydrogen) atoms. The van der Waals surface area contributed by atoms with Crippen LogP contribution in [0.4, 0.5) is 34.1 Å². The Morgan fingerprint density at radius 1 is 0.250 bits per heavy atom. The Morgan fingerprint density at radius 2 is 0.441 bits per heavy atom. The first-order chi connectivity index (χ1) is 33.0. The highest BCUT2D eigenvalue weighted by atomic mass is 16.4. The minimum atomic E-state index is -1.03. The topological polar surface area (TPSA) is 156 Å². The number of rotatable bonds is 14. The van der Waals surface area contributed by atoms with Crippen molar-refractivity contribution in [3.63, 3.8) is 0 Å². The Labute approximate surface area is 391 Å². The molecule has 0 radical (unpaired) electrons. The van der Waals surface area contributed by atoms with Gasteiger partial charge in [0.15, 0.2) is 0 Å². The Bertz CT molecular complexity index is 2900. The van der Waals surface area contributed by atoms with Gasteiger partial charge < -0.3 is 30.2 Å². The quantitative estimate of drug-likeness (QED) is 0.0829. The van der Waals surface area contributed by atoms with Crippen LogP contribution >= 0.6 is 0 Å². The molecule has 0 saturated heterocycles. The standard InChI is InChI=1S/C58H40N2O8/c61-55(62)41-25-17-37(18-26-41)47-9-1-5-13-51(47)59(52-14-6-2-10-48(52)38-19-27-42(28-20-38)56(63)64)45-33-35-46(36-34-45)60(53-15-7-3-11-49(53)39-21-29-43(30-22-39)57(65)66)54-16-8-4-12-50(54)40-23-31-44(32-24-40)58(67)68/h1-36H,(H,61,62)(H,63,64)(H,65,66)(H,67,68). The van der Waals surface area contributed by atoms with Crippen molar-refractivity contribution in [1.29, 1.82) is 0 Å². The van der Waals surface area contributed by atoms with Gasteiger partial charge in [0.2, 0.25) is 0 Å². The van der Waals surface area contributed by atoms with Gasteiger partial charge in [-0.2, -0.15) is 0 Å². The molecule has 9 rings (SSSR count). The summed E-state index contributed by atoms with van der Waals surface area (Å²) in [5, 5.41) is 38.8.